The molecule has 0 radical (unpaired) electrons. The molecule has 328 valence electrons. The third kappa shape index (κ3) is 11.1. The third-order valence-electron chi connectivity index (χ3n) is 16.4. The van der Waals surface area contributed by atoms with Crippen LogP contribution in [0.5, 0.6) is 0 Å². The zero-order valence-corrected chi connectivity index (χ0v) is 35.7. The Morgan fingerprint density at radius 2 is 1.83 bits per heavy atom. The minimum absolute atomic E-state index is 0.0355. The summed E-state index contributed by atoms with van der Waals surface area (Å²) in [4.78, 5) is 30.8. The van der Waals surface area contributed by atoms with E-state index in [1.165, 1.54) is 5.57 Å². The summed E-state index contributed by atoms with van der Waals surface area (Å²) >= 11 is 0. The van der Waals surface area contributed by atoms with Gasteiger partial charge in [-0.2, -0.15) is 0 Å². The molecular formula is C48H75N4O7+. The van der Waals surface area contributed by atoms with Crippen molar-refractivity contribution in [3.8, 4) is 11.8 Å². The maximum Gasteiger partial charge on any atom is 0.176 e. The molecule has 59 heavy (non-hydrogen) atoms. The van der Waals surface area contributed by atoms with E-state index < -0.39 is 23.7 Å². The molecule has 1 spiro atoms. The van der Waals surface area contributed by atoms with Crippen molar-refractivity contribution < 1.29 is 34.8 Å². The number of allylic oxidation sites excluding steroid dienone is 1. The van der Waals surface area contributed by atoms with Crippen LogP contribution in [0.3, 0.4) is 0 Å². The van der Waals surface area contributed by atoms with E-state index in [0.29, 0.717) is 112 Å². The molecule has 16 atom stereocenters. The molecule has 4 aliphatic carbocycles. The number of aliphatic hydroxyl groups excluding tert-OH is 4. The SMILES string of the molecule is COC1CC2CCC(=O)[C@@]3(C#C[C@H](CC[C@H](O)CCC4CC(N)NCC4CC4=C[CH+]N=C4)C2CC1O)CC[C@@H](C[C@H](CCCO)[C@@H]1CN[C@@H]2CC(=O)CC[C@H]2C1)C[C@H]3O. The Kier molecular flexibility index (Phi) is 15.8. The van der Waals surface area contributed by atoms with Crippen molar-refractivity contribution in [2.45, 2.75) is 165 Å². The number of hydrogen-bond donors (Lipinski definition) is 7. The lowest BCUT2D eigenvalue weighted by Gasteiger charge is -2.44. The van der Waals surface area contributed by atoms with Gasteiger partial charge in [0.15, 0.2) is 12.0 Å². The normalized spacial score (nSPS) is 41.0. The quantitative estimate of drug-likeness (QED) is 0.0907. The number of nitrogens with one attached hydrogen (secondary N) is 2. The standard InChI is InChI=1S/C48H75N4O7/c1-59-44-23-35-7-11-45(57)48(15-12-30(21-46(48)58)19-33(3-2-18-53)38-22-36-6-10-40(55)25-42(36)51-28-38)16-13-32(41(35)26-43(44)56)4-8-39(54)9-5-34-24-47(49)52-29-37(34)20-31-14-17-50-27-31/h14,17,27,30,32-39,41-44,46-47,51-54,56,58H,2-12,15,18-26,28-29,49H2,1H3/q+1/t30-,32-,33-,34?,35?,36-,37?,38-,39-,41?,42+,43?,44?,46+,47?,48-/m0/s1. The second-order valence-electron chi connectivity index (χ2n) is 20.1. The van der Waals surface area contributed by atoms with Gasteiger partial charge in [0.05, 0.1) is 36.7 Å². The topological polar surface area (TPSA) is 187 Å². The summed E-state index contributed by atoms with van der Waals surface area (Å²) in [7, 11) is 1.65. The van der Waals surface area contributed by atoms with Gasteiger partial charge in [0.2, 0.25) is 0 Å². The molecule has 11 heteroatoms. The highest BCUT2D eigenvalue weighted by molar-refractivity contribution is 5.89. The minimum Gasteiger partial charge on any atom is -0.396 e. The van der Waals surface area contributed by atoms with Crippen LogP contribution in [0.25, 0.3) is 0 Å². The molecule has 3 saturated carbocycles. The summed E-state index contributed by atoms with van der Waals surface area (Å²) in [6, 6.07) is 0.292. The van der Waals surface area contributed by atoms with Gasteiger partial charge in [0.25, 0.3) is 0 Å². The highest BCUT2D eigenvalue weighted by Gasteiger charge is 2.50. The number of methoxy groups -OCH3 is 1. The summed E-state index contributed by atoms with van der Waals surface area (Å²) in [5.74, 6) is 10.2. The summed E-state index contributed by atoms with van der Waals surface area (Å²) in [6.07, 6.45) is 16.7. The van der Waals surface area contributed by atoms with Crippen molar-refractivity contribution in [1.82, 2.24) is 10.6 Å². The fraction of sp³-hybridized carbons (Fsp3) is 0.833. The Balaban J connectivity index is 1.02. The van der Waals surface area contributed by atoms with Gasteiger partial charge >= 0.3 is 0 Å². The lowest BCUT2D eigenvalue weighted by Crippen LogP contribution is -2.50. The number of Topliss-reactive ketones (excluding diaryl/α,β-unsaturated/α-hetero) is 2. The van der Waals surface area contributed by atoms with Crippen molar-refractivity contribution in [2.75, 3.05) is 26.8 Å². The number of rotatable bonds is 15. The molecule has 0 aromatic heterocycles. The van der Waals surface area contributed by atoms with Gasteiger partial charge in [0.1, 0.15) is 23.3 Å². The lowest BCUT2D eigenvalue weighted by atomic mass is 9.62. The van der Waals surface area contributed by atoms with E-state index in [2.05, 4.69) is 33.5 Å². The highest BCUT2D eigenvalue weighted by atomic mass is 16.5. The summed E-state index contributed by atoms with van der Waals surface area (Å²) in [5.41, 5.74) is 6.48. The Bertz CT molecular complexity index is 1540. The largest absolute Gasteiger partial charge is 0.396 e. The number of ketones is 2. The van der Waals surface area contributed by atoms with Crippen molar-refractivity contribution in [3.05, 3.63) is 18.2 Å². The van der Waals surface area contributed by atoms with E-state index in [1.807, 2.05) is 12.8 Å². The van der Waals surface area contributed by atoms with E-state index in [0.717, 1.165) is 70.9 Å². The van der Waals surface area contributed by atoms with E-state index >= 15 is 0 Å². The molecule has 7 aliphatic rings. The predicted octanol–water partition coefficient (Wildman–Crippen LogP) is 4.64. The molecule has 2 saturated heterocycles. The number of aliphatic imine (C=N–C) groups is 1. The smallest absolute Gasteiger partial charge is 0.176 e. The fourth-order valence-corrected chi connectivity index (χ4v) is 12.8. The number of nitrogens with two attached hydrogens (primary N) is 1. The average Bonchev–Trinajstić information content (AvgIpc) is 3.76. The van der Waals surface area contributed by atoms with Crippen molar-refractivity contribution in [3.63, 3.8) is 0 Å². The van der Waals surface area contributed by atoms with Gasteiger partial charge in [-0.05, 0) is 157 Å². The van der Waals surface area contributed by atoms with Gasteiger partial charge in [-0.25, -0.2) is 0 Å². The lowest BCUT2D eigenvalue weighted by molar-refractivity contribution is -0.135. The molecule has 0 amide bonds. The number of aliphatic hydroxyl groups is 4. The Hall–Kier alpha value is -2.14. The summed E-state index contributed by atoms with van der Waals surface area (Å²) < 4.78 is 5.72. The van der Waals surface area contributed by atoms with Gasteiger partial charge in [-0.3, -0.25) is 9.59 Å². The van der Waals surface area contributed by atoms with Gasteiger partial charge < -0.3 is 41.5 Å². The predicted molar refractivity (Wildman–Crippen MR) is 229 cm³/mol. The number of carbonyl (C=O) groups is 2. The van der Waals surface area contributed by atoms with Gasteiger partial charge in [-0.1, -0.05) is 11.8 Å². The molecule has 8 N–H and O–H groups in total. The van der Waals surface area contributed by atoms with Crippen LogP contribution < -0.4 is 16.4 Å². The molecule has 3 aliphatic heterocycles. The van der Waals surface area contributed by atoms with Crippen LogP contribution in [-0.4, -0.2) is 102 Å². The van der Waals surface area contributed by atoms with Gasteiger partial charge in [0, 0.05) is 57.9 Å². The maximum atomic E-state index is 14.4. The van der Waals surface area contributed by atoms with Crippen molar-refractivity contribution >= 4 is 17.8 Å². The Morgan fingerprint density at radius 1 is 1.00 bits per heavy atom. The number of carbonyl (C=O) groups excluding carboxylic acids is 2. The fourth-order valence-electron chi connectivity index (χ4n) is 12.8. The number of hydrogen-bond acceptors (Lipinski definition) is 11. The van der Waals surface area contributed by atoms with Crippen LogP contribution in [0, 0.1) is 77.1 Å². The second-order valence-corrected chi connectivity index (χ2v) is 20.1. The van der Waals surface area contributed by atoms with Crippen LogP contribution >= 0.6 is 0 Å². The second kappa shape index (κ2) is 20.8. The van der Waals surface area contributed by atoms with Crippen LogP contribution in [0.4, 0.5) is 0 Å². The van der Waals surface area contributed by atoms with Crippen molar-refractivity contribution in [2.24, 2.45) is 69.4 Å². The molecule has 0 aromatic rings. The monoisotopic (exact) mass is 820 g/mol. The Labute approximate surface area is 353 Å². The molecule has 11 nitrogen and oxygen atoms in total. The third-order valence-corrected chi connectivity index (χ3v) is 16.4. The molecule has 5 fully saturated rings. The zero-order valence-electron chi connectivity index (χ0n) is 35.7. The van der Waals surface area contributed by atoms with Crippen LogP contribution in [0.15, 0.2) is 16.6 Å². The minimum atomic E-state index is -1.10. The zero-order chi connectivity index (χ0) is 41.5. The molecule has 7 rings (SSSR count). The van der Waals surface area contributed by atoms with Crippen LogP contribution in [0.2, 0.25) is 0 Å². The first kappa shape index (κ1) is 44.9. The first-order valence-corrected chi connectivity index (χ1v) is 23.6. The molecule has 7 unspecified atom stereocenters. The molecule has 0 bridgehead atoms. The van der Waals surface area contributed by atoms with E-state index in [-0.39, 0.29) is 48.3 Å². The highest BCUT2D eigenvalue weighted by Crippen LogP contribution is 2.48. The number of piperidine rings is 2. The molecule has 0 aromatic carbocycles. The summed E-state index contributed by atoms with van der Waals surface area (Å²) in [5, 5.41) is 51.7. The van der Waals surface area contributed by atoms with Crippen LogP contribution in [-0.2, 0) is 14.3 Å². The van der Waals surface area contributed by atoms with Crippen molar-refractivity contribution in [1.29, 1.82) is 0 Å². The van der Waals surface area contributed by atoms with Crippen LogP contribution in [0.1, 0.15) is 128 Å². The molecular weight excluding hydrogens is 745 g/mol. The van der Waals surface area contributed by atoms with E-state index in [4.69, 9.17) is 10.5 Å². The Morgan fingerprint density at radius 3 is 2.61 bits per heavy atom. The average molecular weight is 820 g/mol. The first-order valence-electron chi connectivity index (χ1n) is 23.6. The van der Waals surface area contributed by atoms with E-state index in [9.17, 15) is 30.0 Å². The maximum absolute atomic E-state index is 14.4. The van der Waals surface area contributed by atoms with E-state index in [1.54, 1.807) is 7.11 Å². The number of nitrogens with zero attached hydrogens (tertiary/aromatic N) is 1. The summed E-state index contributed by atoms with van der Waals surface area (Å²) in [6.45, 7) is 3.76. The number of ether oxygens (including phenoxy) is 1. The first-order chi connectivity index (χ1) is 28.5. The molecule has 3 heterocycles. The van der Waals surface area contributed by atoms with Gasteiger partial charge in [-0.15, -0.1) is 4.99 Å². The number of fused-ring (bicyclic) bond motifs is 2.